The van der Waals surface area contributed by atoms with Gasteiger partial charge < -0.3 is 15.5 Å². The van der Waals surface area contributed by atoms with Crippen LogP contribution in [0.5, 0.6) is 0 Å². The fourth-order valence-electron chi connectivity index (χ4n) is 4.46. The van der Waals surface area contributed by atoms with E-state index in [1.165, 1.54) is 0 Å². The summed E-state index contributed by atoms with van der Waals surface area (Å²) in [5.41, 5.74) is 1.89. The van der Waals surface area contributed by atoms with Crippen LogP contribution in [0.25, 0.3) is 0 Å². The van der Waals surface area contributed by atoms with E-state index in [-0.39, 0.29) is 35.8 Å². The summed E-state index contributed by atoms with van der Waals surface area (Å²) < 4.78 is 1.95. The first-order valence-corrected chi connectivity index (χ1v) is 10.3. The molecule has 0 radical (unpaired) electrons. The summed E-state index contributed by atoms with van der Waals surface area (Å²) in [6, 6.07) is 0.417. The Hall–Kier alpha value is -1.60. The van der Waals surface area contributed by atoms with E-state index < -0.39 is 0 Å². The maximum atomic E-state index is 13.5. The molecule has 1 atom stereocenters. The quantitative estimate of drug-likeness (QED) is 0.774. The fraction of sp³-hybridized carbons (Fsp3) is 0.750. The van der Waals surface area contributed by atoms with Crippen molar-refractivity contribution in [2.75, 3.05) is 25.0 Å². The SMILES string of the molecule is CCN(CC)c1nc2c(c(=O)n1C1CCC(C(=O)NC)CC1)C[C@@H](C)NC2.Cl. The number of carbonyl (C=O) groups is 1. The number of fused-ring (bicyclic) bond motifs is 1. The molecule has 1 aliphatic carbocycles. The zero-order valence-electron chi connectivity index (χ0n) is 17.5. The monoisotopic (exact) mass is 411 g/mol. The van der Waals surface area contributed by atoms with Crippen LogP contribution >= 0.6 is 12.4 Å². The first-order valence-electron chi connectivity index (χ1n) is 10.3. The van der Waals surface area contributed by atoms with Gasteiger partial charge in [-0.25, -0.2) is 4.98 Å². The third kappa shape index (κ3) is 4.35. The zero-order valence-corrected chi connectivity index (χ0v) is 18.3. The number of rotatable bonds is 5. The van der Waals surface area contributed by atoms with Crippen molar-refractivity contribution in [3.05, 3.63) is 21.6 Å². The minimum Gasteiger partial charge on any atom is -0.359 e. The zero-order chi connectivity index (χ0) is 19.6. The molecule has 1 saturated carbocycles. The van der Waals surface area contributed by atoms with Gasteiger partial charge in [-0.3, -0.25) is 14.2 Å². The van der Waals surface area contributed by atoms with Crippen LogP contribution in [-0.2, 0) is 17.8 Å². The lowest BCUT2D eigenvalue weighted by Crippen LogP contribution is -2.43. The second-order valence-corrected chi connectivity index (χ2v) is 7.79. The lowest BCUT2D eigenvalue weighted by Gasteiger charge is -2.34. The van der Waals surface area contributed by atoms with Crippen molar-refractivity contribution in [3.63, 3.8) is 0 Å². The van der Waals surface area contributed by atoms with Gasteiger partial charge in [0.15, 0.2) is 0 Å². The Balaban J connectivity index is 0.00000280. The van der Waals surface area contributed by atoms with Crippen molar-refractivity contribution >= 4 is 24.3 Å². The first kappa shape index (κ1) is 22.7. The van der Waals surface area contributed by atoms with E-state index >= 15 is 0 Å². The van der Waals surface area contributed by atoms with Crippen molar-refractivity contribution in [2.24, 2.45) is 5.92 Å². The van der Waals surface area contributed by atoms with Gasteiger partial charge in [0.25, 0.3) is 5.56 Å². The maximum Gasteiger partial charge on any atom is 0.258 e. The number of nitrogens with one attached hydrogen (secondary N) is 2. The summed E-state index contributed by atoms with van der Waals surface area (Å²) in [5.74, 6) is 0.977. The number of halogens is 1. The third-order valence-corrected chi connectivity index (χ3v) is 6.13. The van der Waals surface area contributed by atoms with Crippen molar-refractivity contribution < 1.29 is 4.79 Å². The molecule has 8 heteroatoms. The van der Waals surface area contributed by atoms with Crippen molar-refractivity contribution in [1.82, 2.24) is 20.2 Å². The van der Waals surface area contributed by atoms with Crippen LogP contribution in [0.2, 0.25) is 0 Å². The molecule has 158 valence electrons. The van der Waals surface area contributed by atoms with Crippen LogP contribution in [0.15, 0.2) is 4.79 Å². The van der Waals surface area contributed by atoms with E-state index in [9.17, 15) is 9.59 Å². The Kier molecular flexibility index (Phi) is 7.89. The largest absolute Gasteiger partial charge is 0.359 e. The molecule has 2 N–H and O–H groups in total. The van der Waals surface area contributed by atoms with Crippen molar-refractivity contribution in [3.8, 4) is 0 Å². The van der Waals surface area contributed by atoms with E-state index in [1.807, 2.05) is 4.57 Å². The van der Waals surface area contributed by atoms with Gasteiger partial charge in [-0.1, -0.05) is 0 Å². The Morgan fingerprint density at radius 1 is 1.25 bits per heavy atom. The summed E-state index contributed by atoms with van der Waals surface area (Å²) in [6.07, 6.45) is 4.07. The van der Waals surface area contributed by atoms with Gasteiger partial charge in [-0.05, 0) is 52.9 Å². The average molecular weight is 412 g/mol. The molecule has 1 amide bonds. The Bertz CT molecular complexity index is 739. The highest BCUT2D eigenvalue weighted by Crippen LogP contribution is 2.34. The topological polar surface area (TPSA) is 79.3 Å². The molecule has 1 aromatic heterocycles. The van der Waals surface area contributed by atoms with Crippen LogP contribution < -0.4 is 21.1 Å². The van der Waals surface area contributed by atoms with Crippen molar-refractivity contribution in [2.45, 2.75) is 71.5 Å². The summed E-state index contributed by atoms with van der Waals surface area (Å²) in [6.45, 7) is 8.60. The molecule has 2 heterocycles. The van der Waals surface area contributed by atoms with Gasteiger partial charge in [0, 0.05) is 50.2 Å². The molecular formula is C20H34ClN5O2. The lowest BCUT2D eigenvalue weighted by molar-refractivity contribution is -0.125. The molecule has 1 aliphatic heterocycles. The Morgan fingerprint density at radius 3 is 2.46 bits per heavy atom. The molecule has 3 rings (SSSR count). The smallest absolute Gasteiger partial charge is 0.258 e. The number of anilines is 1. The molecule has 0 unspecified atom stereocenters. The molecule has 0 spiro atoms. The molecule has 0 aromatic carbocycles. The molecule has 1 fully saturated rings. The number of nitrogens with zero attached hydrogens (tertiary/aromatic N) is 3. The van der Waals surface area contributed by atoms with Gasteiger partial charge in [-0.2, -0.15) is 0 Å². The van der Waals surface area contributed by atoms with Gasteiger partial charge in [0.05, 0.1) is 5.69 Å². The summed E-state index contributed by atoms with van der Waals surface area (Å²) in [5, 5.41) is 6.18. The van der Waals surface area contributed by atoms with Crippen LogP contribution in [0.3, 0.4) is 0 Å². The van der Waals surface area contributed by atoms with Gasteiger partial charge in [0.1, 0.15) is 0 Å². The predicted octanol–water partition coefficient (Wildman–Crippen LogP) is 2.02. The average Bonchev–Trinajstić information content (AvgIpc) is 2.69. The van der Waals surface area contributed by atoms with Crippen LogP contribution in [0.1, 0.15) is 63.8 Å². The van der Waals surface area contributed by atoms with Gasteiger partial charge >= 0.3 is 0 Å². The van der Waals surface area contributed by atoms with E-state index in [2.05, 4.69) is 36.3 Å². The summed E-state index contributed by atoms with van der Waals surface area (Å²) in [7, 11) is 1.69. The Morgan fingerprint density at radius 2 is 1.89 bits per heavy atom. The highest BCUT2D eigenvalue weighted by Gasteiger charge is 2.31. The highest BCUT2D eigenvalue weighted by molar-refractivity contribution is 5.85. The second-order valence-electron chi connectivity index (χ2n) is 7.79. The van der Waals surface area contributed by atoms with Crippen LogP contribution in [-0.4, -0.2) is 41.6 Å². The fourth-order valence-corrected chi connectivity index (χ4v) is 4.46. The van der Waals surface area contributed by atoms with E-state index in [0.717, 1.165) is 62.4 Å². The standard InChI is InChI=1S/C20H33N5O2.ClH/c1-5-24(6-2)20-23-17-12-22-13(3)11-16(17)19(27)25(20)15-9-7-14(8-10-15)18(26)21-4;/h13-15,22H,5-12H2,1-4H3,(H,21,26);1H/t13-,14?,15?;/m1./s1. The van der Waals surface area contributed by atoms with Gasteiger partial charge in [0.2, 0.25) is 11.9 Å². The normalized spacial score (nSPS) is 24.1. The molecule has 0 saturated heterocycles. The molecule has 0 bridgehead atoms. The molecule has 2 aliphatic rings. The Labute approximate surface area is 173 Å². The molecule has 7 nitrogen and oxygen atoms in total. The summed E-state index contributed by atoms with van der Waals surface area (Å²) >= 11 is 0. The highest BCUT2D eigenvalue weighted by atomic mass is 35.5. The minimum atomic E-state index is 0. The lowest BCUT2D eigenvalue weighted by atomic mass is 9.85. The minimum absolute atomic E-state index is 0. The van der Waals surface area contributed by atoms with E-state index in [0.29, 0.717) is 12.6 Å². The number of hydrogen-bond acceptors (Lipinski definition) is 5. The predicted molar refractivity (Wildman–Crippen MR) is 114 cm³/mol. The van der Waals surface area contributed by atoms with Crippen LogP contribution in [0.4, 0.5) is 5.95 Å². The van der Waals surface area contributed by atoms with E-state index in [4.69, 9.17) is 4.98 Å². The van der Waals surface area contributed by atoms with Crippen molar-refractivity contribution in [1.29, 1.82) is 0 Å². The molecule has 1 aromatic rings. The number of carbonyl (C=O) groups excluding carboxylic acids is 1. The first-order chi connectivity index (χ1) is 13.0. The van der Waals surface area contributed by atoms with Crippen LogP contribution in [0, 0.1) is 5.92 Å². The maximum absolute atomic E-state index is 13.5. The summed E-state index contributed by atoms with van der Waals surface area (Å²) in [4.78, 5) is 32.6. The molecular weight excluding hydrogens is 378 g/mol. The second kappa shape index (κ2) is 9.74. The van der Waals surface area contributed by atoms with Gasteiger partial charge in [-0.15, -0.1) is 12.4 Å². The molecule has 28 heavy (non-hydrogen) atoms. The third-order valence-electron chi connectivity index (χ3n) is 6.13. The number of aromatic nitrogens is 2. The van der Waals surface area contributed by atoms with E-state index in [1.54, 1.807) is 7.05 Å². The number of hydrogen-bond donors (Lipinski definition) is 2. The number of amides is 1.